The van der Waals surface area contributed by atoms with Gasteiger partial charge < -0.3 is 10.2 Å². The number of nitrogens with zero attached hydrogens (tertiary/aromatic N) is 4. The highest BCUT2D eigenvalue weighted by Gasteiger charge is 2.19. The highest BCUT2D eigenvalue weighted by atomic mass is 16.2. The fourth-order valence-corrected chi connectivity index (χ4v) is 2.38. The van der Waals surface area contributed by atoms with E-state index in [4.69, 9.17) is 0 Å². The van der Waals surface area contributed by atoms with E-state index in [0.29, 0.717) is 0 Å². The molecular formula is C15H17N5O2. The molecule has 7 heteroatoms. The number of hydrogen-bond donors (Lipinski definition) is 1. The maximum absolute atomic E-state index is 12.0. The van der Waals surface area contributed by atoms with Gasteiger partial charge in [0.2, 0.25) is 5.91 Å². The van der Waals surface area contributed by atoms with Crippen molar-refractivity contribution < 1.29 is 9.59 Å². The molecule has 1 saturated heterocycles. The number of carbonyl (C=O) groups excluding carboxylic acids is 2. The Morgan fingerprint density at radius 2 is 1.86 bits per heavy atom. The first-order chi connectivity index (χ1) is 10.7. The summed E-state index contributed by atoms with van der Waals surface area (Å²) in [6, 6.07) is 9.32. The average Bonchev–Trinajstić information content (AvgIpc) is 3.24. The second-order valence-electron chi connectivity index (χ2n) is 5.13. The van der Waals surface area contributed by atoms with Gasteiger partial charge in [0.15, 0.2) is 5.69 Å². The summed E-state index contributed by atoms with van der Waals surface area (Å²) >= 11 is 0. The molecule has 3 rings (SSSR count). The van der Waals surface area contributed by atoms with Crippen LogP contribution in [0.25, 0.3) is 5.69 Å². The summed E-state index contributed by atoms with van der Waals surface area (Å²) in [4.78, 5) is 27.0. The minimum atomic E-state index is -0.394. The molecule has 0 bridgehead atoms. The molecule has 1 aliphatic rings. The molecule has 0 radical (unpaired) electrons. The molecule has 2 aromatic rings. The summed E-state index contributed by atoms with van der Waals surface area (Å²) < 4.78 is 0. The van der Waals surface area contributed by atoms with Gasteiger partial charge in [-0.15, -0.1) is 5.10 Å². The zero-order chi connectivity index (χ0) is 15.4. The molecule has 1 aliphatic heterocycles. The highest BCUT2D eigenvalue weighted by Crippen LogP contribution is 2.07. The number of likely N-dealkylation sites (tertiary alicyclic amines) is 1. The topological polar surface area (TPSA) is 80.1 Å². The highest BCUT2D eigenvalue weighted by molar-refractivity contribution is 5.94. The van der Waals surface area contributed by atoms with Crippen molar-refractivity contribution in [1.82, 2.24) is 25.2 Å². The third kappa shape index (κ3) is 3.13. The second kappa shape index (κ2) is 6.38. The number of rotatable bonds is 4. The molecule has 0 saturated carbocycles. The van der Waals surface area contributed by atoms with Crippen molar-refractivity contribution in [2.45, 2.75) is 12.8 Å². The number of para-hydroxylation sites is 1. The first-order valence-corrected chi connectivity index (χ1v) is 7.28. The van der Waals surface area contributed by atoms with E-state index in [2.05, 4.69) is 15.5 Å². The van der Waals surface area contributed by atoms with Crippen molar-refractivity contribution in [3.63, 3.8) is 0 Å². The molecule has 1 fully saturated rings. The van der Waals surface area contributed by atoms with Gasteiger partial charge in [-0.2, -0.15) is 9.90 Å². The Bertz CT molecular complexity index is 662. The van der Waals surface area contributed by atoms with Gasteiger partial charge in [-0.05, 0) is 25.0 Å². The molecule has 114 valence electrons. The van der Waals surface area contributed by atoms with E-state index < -0.39 is 5.91 Å². The number of aromatic nitrogens is 3. The van der Waals surface area contributed by atoms with Gasteiger partial charge in [-0.25, -0.2) is 0 Å². The van der Waals surface area contributed by atoms with Gasteiger partial charge in [-0.3, -0.25) is 9.59 Å². The Morgan fingerprint density at radius 3 is 2.59 bits per heavy atom. The largest absolute Gasteiger partial charge is 0.342 e. The van der Waals surface area contributed by atoms with E-state index in [1.807, 2.05) is 30.3 Å². The van der Waals surface area contributed by atoms with Crippen LogP contribution in [-0.4, -0.2) is 51.3 Å². The van der Waals surface area contributed by atoms with E-state index in [9.17, 15) is 9.59 Å². The van der Waals surface area contributed by atoms with E-state index in [-0.39, 0.29) is 18.1 Å². The monoisotopic (exact) mass is 299 g/mol. The number of amides is 2. The Labute approximate surface area is 127 Å². The van der Waals surface area contributed by atoms with Gasteiger partial charge in [0.05, 0.1) is 18.4 Å². The van der Waals surface area contributed by atoms with Crippen LogP contribution < -0.4 is 5.32 Å². The Balaban J connectivity index is 1.59. The van der Waals surface area contributed by atoms with Crippen LogP contribution in [0.5, 0.6) is 0 Å². The third-order valence-electron chi connectivity index (χ3n) is 3.57. The summed E-state index contributed by atoms with van der Waals surface area (Å²) in [6.07, 6.45) is 3.46. The Hall–Kier alpha value is -2.70. The molecule has 0 atom stereocenters. The van der Waals surface area contributed by atoms with Crippen molar-refractivity contribution in [3.05, 3.63) is 42.2 Å². The maximum Gasteiger partial charge on any atom is 0.273 e. The number of nitrogens with one attached hydrogen (secondary N) is 1. The van der Waals surface area contributed by atoms with Crippen LogP contribution in [0.3, 0.4) is 0 Å². The van der Waals surface area contributed by atoms with E-state index in [0.717, 1.165) is 31.6 Å². The Morgan fingerprint density at radius 1 is 1.14 bits per heavy atom. The van der Waals surface area contributed by atoms with Gasteiger partial charge in [0.25, 0.3) is 5.91 Å². The number of benzene rings is 1. The van der Waals surface area contributed by atoms with Gasteiger partial charge >= 0.3 is 0 Å². The molecule has 0 spiro atoms. The lowest BCUT2D eigenvalue weighted by atomic mass is 10.3. The lowest BCUT2D eigenvalue weighted by molar-refractivity contribution is -0.129. The molecule has 1 aromatic carbocycles. The van der Waals surface area contributed by atoms with Gasteiger partial charge in [0, 0.05) is 13.1 Å². The summed E-state index contributed by atoms with van der Waals surface area (Å²) in [7, 11) is 0. The van der Waals surface area contributed by atoms with Crippen LogP contribution in [0.4, 0.5) is 0 Å². The summed E-state index contributed by atoms with van der Waals surface area (Å²) in [5.41, 5.74) is 0.966. The molecule has 2 heterocycles. The molecule has 2 amide bonds. The molecule has 7 nitrogen and oxygen atoms in total. The molecule has 0 unspecified atom stereocenters. The van der Waals surface area contributed by atoms with Crippen molar-refractivity contribution in [3.8, 4) is 5.69 Å². The van der Waals surface area contributed by atoms with Crippen LogP contribution in [0.1, 0.15) is 23.3 Å². The summed E-state index contributed by atoms with van der Waals surface area (Å²) in [5.74, 6) is -0.448. The van der Waals surface area contributed by atoms with E-state index in [1.54, 1.807) is 4.90 Å². The van der Waals surface area contributed by atoms with Crippen molar-refractivity contribution in [1.29, 1.82) is 0 Å². The predicted molar refractivity (Wildman–Crippen MR) is 79.5 cm³/mol. The lowest BCUT2D eigenvalue weighted by Crippen LogP contribution is -2.38. The Kier molecular flexibility index (Phi) is 4.13. The molecule has 1 aromatic heterocycles. The SMILES string of the molecule is O=C(NCC(=O)N1CCCC1)c1cnn(-c2ccccc2)n1. The zero-order valence-corrected chi connectivity index (χ0v) is 12.1. The minimum absolute atomic E-state index is 0.00295. The third-order valence-corrected chi connectivity index (χ3v) is 3.57. The van der Waals surface area contributed by atoms with Crippen LogP contribution >= 0.6 is 0 Å². The fourth-order valence-electron chi connectivity index (χ4n) is 2.38. The van der Waals surface area contributed by atoms with Gasteiger partial charge in [-0.1, -0.05) is 18.2 Å². The number of carbonyl (C=O) groups is 2. The lowest BCUT2D eigenvalue weighted by Gasteiger charge is -2.14. The van der Waals surface area contributed by atoms with Crippen molar-refractivity contribution >= 4 is 11.8 Å². The van der Waals surface area contributed by atoms with E-state index in [1.165, 1.54) is 11.0 Å². The van der Waals surface area contributed by atoms with Crippen LogP contribution in [0.15, 0.2) is 36.5 Å². The van der Waals surface area contributed by atoms with Gasteiger partial charge in [0.1, 0.15) is 0 Å². The molecule has 1 N–H and O–H groups in total. The molecular weight excluding hydrogens is 282 g/mol. The smallest absolute Gasteiger partial charge is 0.273 e. The fraction of sp³-hybridized carbons (Fsp3) is 0.333. The minimum Gasteiger partial charge on any atom is -0.342 e. The van der Waals surface area contributed by atoms with E-state index >= 15 is 0 Å². The zero-order valence-electron chi connectivity index (χ0n) is 12.1. The van der Waals surface area contributed by atoms with Crippen molar-refractivity contribution in [2.24, 2.45) is 0 Å². The average molecular weight is 299 g/mol. The summed E-state index contributed by atoms with van der Waals surface area (Å²) in [6.45, 7) is 1.55. The normalized spacial score (nSPS) is 14.1. The quantitative estimate of drug-likeness (QED) is 0.897. The molecule has 22 heavy (non-hydrogen) atoms. The first-order valence-electron chi connectivity index (χ1n) is 7.28. The van der Waals surface area contributed by atoms with Crippen LogP contribution in [0, 0.1) is 0 Å². The first kappa shape index (κ1) is 14.2. The summed E-state index contributed by atoms with van der Waals surface area (Å²) in [5, 5.41) is 10.8. The number of hydrogen-bond acceptors (Lipinski definition) is 4. The molecule has 0 aliphatic carbocycles. The second-order valence-corrected chi connectivity index (χ2v) is 5.13. The van der Waals surface area contributed by atoms with Crippen molar-refractivity contribution in [2.75, 3.05) is 19.6 Å². The standard InChI is InChI=1S/C15H17N5O2/c21-14(19-8-4-5-9-19)11-16-15(22)13-10-17-20(18-13)12-6-2-1-3-7-12/h1-3,6-7,10H,4-5,8-9,11H2,(H,16,22). The maximum atomic E-state index is 12.0. The van der Waals surface area contributed by atoms with Crippen LogP contribution in [0.2, 0.25) is 0 Å². The van der Waals surface area contributed by atoms with Crippen LogP contribution in [-0.2, 0) is 4.79 Å². The predicted octanol–water partition coefficient (Wildman–Crippen LogP) is 0.619.